The summed E-state index contributed by atoms with van der Waals surface area (Å²) < 4.78 is 11.0. The molecule has 0 fully saturated rings. The molecule has 0 spiro atoms. The van der Waals surface area contributed by atoms with Crippen LogP contribution in [0.2, 0.25) is 0 Å². The number of rotatable bonds is 8. The SMILES string of the molecule is CCCOCCOc1cc(NC)nc(-c2ccccc2)n1. The number of nitrogens with one attached hydrogen (secondary N) is 1. The van der Waals surface area contributed by atoms with Crippen LogP contribution in [-0.2, 0) is 4.74 Å². The van der Waals surface area contributed by atoms with Crippen molar-refractivity contribution in [3.05, 3.63) is 36.4 Å². The summed E-state index contributed by atoms with van der Waals surface area (Å²) in [5.41, 5.74) is 0.960. The van der Waals surface area contributed by atoms with Gasteiger partial charge in [0.2, 0.25) is 5.88 Å². The van der Waals surface area contributed by atoms with Gasteiger partial charge in [0.1, 0.15) is 12.4 Å². The number of nitrogens with zero attached hydrogens (tertiary/aromatic N) is 2. The minimum atomic E-state index is 0.481. The predicted molar refractivity (Wildman–Crippen MR) is 83.6 cm³/mol. The largest absolute Gasteiger partial charge is 0.475 e. The van der Waals surface area contributed by atoms with Gasteiger partial charge < -0.3 is 14.8 Å². The summed E-state index contributed by atoms with van der Waals surface area (Å²) in [5, 5.41) is 3.03. The van der Waals surface area contributed by atoms with E-state index < -0.39 is 0 Å². The van der Waals surface area contributed by atoms with Crippen LogP contribution in [0.4, 0.5) is 5.82 Å². The topological polar surface area (TPSA) is 56.3 Å². The Hall–Kier alpha value is -2.14. The normalized spacial score (nSPS) is 10.4. The summed E-state index contributed by atoms with van der Waals surface area (Å²) in [6.45, 7) is 3.88. The van der Waals surface area contributed by atoms with Crippen molar-refractivity contribution in [2.24, 2.45) is 0 Å². The first-order valence-corrected chi connectivity index (χ1v) is 7.16. The van der Waals surface area contributed by atoms with Crippen molar-refractivity contribution in [3.8, 4) is 17.3 Å². The molecule has 0 saturated carbocycles. The lowest BCUT2D eigenvalue weighted by Gasteiger charge is -2.09. The molecule has 1 aromatic carbocycles. The number of anilines is 1. The van der Waals surface area contributed by atoms with Crippen LogP contribution in [0.15, 0.2) is 36.4 Å². The molecule has 0 radical (unpaired) electrons. The molecule has 1 N–H and O–H groups in total. The van der Waals surface area contributed by atoms with Crippen LogP contribution in [0.25, 0.3) is 11.4 Å². The van der Waals surface area contributed by atoms with Crippen molar-refractivity contribution >= 4 is 5.82 Å². The lowest BCUT2D eigenvalue weighted by Crippen LogP contribution is -2.09. The summed E-state index contributed by atoms with van der Waals surface area (Å²) in [6.07, 6.45) is 1.01. The second-order valence-corrected chi connectivity index (χ2v) is 4.49. The standard InChI is InChI=1S/C16H21N3O2/c1-3-9-20-10-11-21-15-12-14(17-2)18-16(19-15)13-7-5-4-6-8-13/h4-8,12H,3,9-11H2,1-2H3,(H,17,18,19). The van der Waals surface area contributed by atoms with E-state index in [1.165, 1.54) is 0 Å². The fourth-order valence-electron chi connectivity index (χ4n) is 1.79. The summed E-state index contributed by atoms with van der Waals surface area (Å²) in [4.78, 5) is 8.89. The molecule has 0 saturated heterocycles. The molecule has 112 valence electrons. The zero-order valence-electron chi connectivity index (χ0n) is 12.5. The second-order valence-electron chi connectivity index (χ2n) is 4.49. The highest BCUT2D eigenvalue weighted by Crippen LogP contribution is 2.20. The molecule has 1 heterocycles. The summed E-state index contributed by atoms with van der Waals surface area (Å²) in [7, 11) is 1.82. The van der Waals surface area contributed by atoms with Crippen molar-refractivity contribution in [1.82, 2.24) is 9.97 Å². The van der Waals surface area contributed by atoms with Gasteiger partial charge in [-0.2, -0.15) is 4.98 Å². The third-order valence-electron chi connectivity index (χ3n) is 2.82. The molecule has 2 rings (SSSR count). The summed E-state index contributed by atoms with van der Waals surface area (Å²) in [6, 6.07) is 11.6. The Morgan fingerprint density at radius 2 is 1.86 bits per heavy atom. The molecule has 1 aromatic heterocycles. The van der Waals surface area contributed by atoms with Crippen molar-refractivity contribution in [2.45, 2.75) is 13.3 Å². The molecule has 0 aliphatic heterocycles. The molecule has 2 aromatic rings. The third-order valence-corrected chi connectivity index (χ3v) is 2.82. The minimum Gasteiger partial charge on any atom is -0.475 e. The van der Waals surface area contributed by atoms with Gasteiger partial charge in [-0.15, -0.1) is 0 Å². The van der Waals surface area contributed by atoms with E-state index in [2.05, 4.69) is 22.2 Å². The highest BCUT2D eigenvalue weighted by atomic mass is 16.5. The Labute approximate surface area is 125 Å². The molecule has 21 heavy (non-hydrogen) atoms. The van der Waals surface area contributed by atoms with Gasteiger partial charge in [0.25, 0.3) is 0 Å². The average Bonchev–Trinajstić information content (AvgIpc) is 2.55. The van der Waals surface area contributed by atoms with Crippen LogP contribution in [-0.4, -0.2) is 36.8 Å². The predicted octanol–water partition coefficient (Wildman–Crippen LogP) is 2.99. The third kappa shape index (κ3) is 4.72. The van der Waals surface area contributed by atoms with Crippen LogP contribution >= 0.6 is 0 Å². The van der Waals surface area contributed by atoms with Crippen LogP contribution < -0.4 is 10.1 Å². The molecule has 0 aliphatic rings. The molecule has 0 atom stereocenters. The first-order valence-electron chi connectivity index (χ1n) is 7.16. The maximum Gasteiger partial charge on any atom is 0.219 e. The monoisotopic (exact) mass is 287 g/mol. The van der Waals surface area contributed by atoms with Gasteiger partial charge in [-0.3, -0.25) is 0 Å². The molecular weight excluding hydrogens is 266 g/mol. The smallest absolute Gasteiger partial charge is 0.219 e. The van der Waals surface area contributed by atoms with Gasteiger partial charge in [0.05, 0.1) is 6.61 Å². The number of hydrogen-bond acceptors (Lipinski definition) is 5. The van der Waals surface area contributed by atoms with Gasteiger partial charge in [0, 0.05) is 25.3 Å². The Bertz CT molecular complexity index is 546. The molecule has 0 amide bonds. The van der Waals surface area contributed by atoms with E-state index in [1.807, 2.05) is 37.4 Å². The number of benzene rings is 1. The van der Waals surface area contributed by atoms with E-state index in [1.54, 1.807) is 6.07 Å². The Morgan fingerprint density at radius 1 is 1.05 bits per heavy atom. The number of aromatic nitrogens is 2. The Morgan fingerprint density at radius 3 is 2.57 bits per heavy atom. The highest BCUT2D eigenvalue weighted by molar-refractivity contribution is 5.58. The number of ether oxygens (including phenoxy) is 2. The van der Waals surface area contributed by atoms with E-state index in [0.717, 1.165) is 24.4 Å². The first-order chi connectivity index (χ1) is 10.3. The van der Waals surface area contributed by atoms with Crippen LogP contribution in [0.3, 0.4) is 0 Å². The Balaban J connectivity index is 2.07. The minimum absolute atomic E-state index is 0.481. The molecule has 0 unspecified atom stereocenters. The van der Waals surface area contributed by atoms with Gasteiger partial charge in [0.15, 0.2) is 5.82 Å². The van der Waals surface area contributed by atoms with Crippen molar-refractivity contribution in [2.75, 3.05) is 32.2 Å². The molecule has 5 heteroatoms. The van der Waals surface area contributed by atoms with Crippen molar-refractivity contribution in [3.63, 3.8) is 0 Å². The molecule has 5 nitrogen and oxygen atoms in total. The maximum absolute atomic E-state index is 5.64. The fourth-order valence-corrected chi connectivity index (χ4v) is 1.79. The van der Waals surface area contributed by atoms with Crippen LogP contribution in [0, 0.1) is 0 Å². The maximum atomic E-state index is 5.64. The molecular formula is C16H21N3O2. The quantitative estimate of drug-likeness (QED) is 0.756. The van der Waals surface area contributed by atoms with Gasteiger partial charge >= 0.3 is 0 Å². The van der Waals surface area contributed by atoms with Gasteiger partial charge in [-0.1, -0.05) is 37.3 Å². The van der Waals surface area contributed by atoms with E-state index >= 15 is 0 Å². The fraction of sp³-hybridized carbons (Fsp3) is 0.375. The van der Waals surface area contributed by atoms with Crippen LogP contribution in [0.5, 0.6) is 5.88 Å². The molecule has 0 aliphatic carbocycles. The highest BCUT2D eigenvalue weighted by Gasteiger charge is 2.07. The van der Waals surface area contributed by atoms with Crippen molar-refractivity contribution in [1.29, 1.82) is 0 Å². The van der Waals surface area contributed by atoms with Crippen LogP contribution in [0.1, 0.15) is 13.3 Å². The van der Waals surface area contributed by atoms with E-state index in [9.17, 15) is 0 Å². The lowest BCUT2D eigenvalue weighted by molar-refractivity contribution is 0.0990. The second kappa shape index (κ2) is 8.21. The number of hydrogen-bond donors (Lipinski definition) is 1. The summed E-state index contributed by atoms with van der Waals surface area (Å²) in [5.74, 6) is 1.92. The zero-order valence-corrected chi connectivity index (χ0v) is 12.5. The van der Waals surface area contributed by atoms with E-state index in [-0.39, 0.29) is 0 Å². The average molecular weight is 287 g/mol. The molecule has 0 bridgehead atoms. The van der Waals surface area contributed by atoms with Gasteiger partial charge in [-0.25, -0.2) is 4.98 Å². The lowest BCUT2D eigenvalue weighted by atomic mass is 10.2. The van der Waals surface area contributed by atoms with E-state index in [4.69, 9.17) is 9.47 Å². The van der Waals surface area contributed by atoms with E-state index in [0.29, 0.717) is 24.9 Å². The first kappa shape index (κ1) is 15.3. The van der Waals surface area contributed by atoms with Crippen molar-refractivity contribution < 1.29 is 9.47 Å². The Kier molecular flexibility index (Phi) is 5.97. The van der Waals surface area contributed by atoms with Gasteiger partial charge in [-0.05, 0) is 6.42 Å². The zero-order chi connectivity index (χ0) is 14.9. The summed E-state index contributed by atoms with van der Waals surface area (Å²) >= 11 is 0.